The summed E-state index contributed by atoms with van der Waals surface area (Å²) in [5.74, 6) is -2.05. The van der Waals surface area contributed by atoms with Crippen molar-refractivity contribution in [1.29, 1.82) is 0 Å². The van der Waals surface area contributed by atoms with Gasteiger partial charge in [0.1, 0.15) is 22.5 Å². The number of carbonyl (C=O) groups is 3. The highest BCUT2D eigenvalue weighted by Crippen LogP contribution is 2.34. The third-order valence-corrected chi connectivity index (χ3v) is 6.80. The van der Waals surface area contributed by atoms with Crippen molar-refractivity contribution in [1.82, 2.24) is 9.69 Å². The first kappa shape index (κ1) is 26.0. The first-order chi connectivity index (χ1) is 17.8. The number of nitrogens with two attached hydrogens (primary N) is 2. The molecular weight excluding hydrogens is 501 g/mol. The van der Waals surface area contributed by atoms with Crippen molar-refractivity contribution in [2.45, 2.75) is 25.0 Å². The van der Waals surface area contributed by atoms with Gasteiger partial charge >= 0.3 is 0 Å². The van der Waals surface area contributed by atoms with Crippen molar-refractivity contribution in [2.24, 2.45) is 5.73 Å². The Balaban J connectivity index is 1.80. The molecule has 194 valence electrons. The summed E-state index contributed by atoms with van der Waals surface area (Å²) in [6.07, 6.45) is 1.57. The topological polar surface area (TPSA) is 150 Å². The van der Waals surface area contributed by atoms with Gasteiger partial charge in [-0.05, 0) is 66.3 Å². The highest BCUT2D eigenvalue weighted by Gasteiger charge is 2.36. The number of nitrogens with zero attached hydrogens (tertiary/aromatic N) is 2. The minimum Gasteiger partial charge on any atom is -0.497 e. The quantitative estimate of drug-likeness (QED) is 0.387. The molecule has 3 amide bonds. The van der Waals surface area contributed by atoms with Crippen LogP contribution < -0.4 is 26.4 Å². The molecule has 3 aromatic rings. The molecule has 0 aliphatic carbocycles. The zero-order valence-corrected chi connectivity index (χ0v) is 20.8. The molecule has 2 aromatic carbocycles. The number of hydrogen-bond acceptors (Lipinski definition) is 8. The van der Waals surface area contributed by atoms with Crippen molar-refractivity contribution in [3.05, 3.63) is 70.5 Å². The van der Waals surface area contributed by atoms with Gasteiger partial charge in [-0.15, -0.1) is 0 Å². The number of rotatable bonds is 9. The first-order valence-corrected chi connectivity index (χ1v) is 12.2. The molecule has 0 unspecified atom stereocenters. The number of halogens is 1. The van der Waals surface area contributed by atoms with E-state index in [0.717, 1.165) is 12.8 Å². The minimum atomic E-state index is -1.19. The zero-order valence-electron chi connectivity index (χ0n) is 20.0. The predicted octanol–water partition coefficient (Wildman–Crippen LogP) is 2.66. The van der Waals surface area contributed by atoms with Crippen LogP contribution in [0.4, 0.5) is 15.8 Å². The summed E-state index contributed by atoms with van der Waals surface area (Å²) < 4.78 is 28.6. The molecule has 0 radical (unpaired) electrons. The lowest BCUT2D eigenvalue weighted by molar-refractivity contribution is -0.123. The number of benzene rings is 2. The van der Waals surface area contributed by atoms with Crippen LogP contribution in [-0.4, -0.2) is 48.5 Å². The average Bonchev–Trinajstić information content (AvgIpc) is 3.56. The van der Waals surface area contributed by atoms with Crippen LogP contribution in [0, 0.1) is 5.82 Å². The molecule has 0 bridgehead atoms. The number of hydrogen-bond donors (Lipinski definition) is 3. The number of aromatic nitrogens is 1. The van der Waals surface area contributed by atoms with Crippen LogP contribution in [0.5, 0.6) is 5.75 Å². The van der Waals surface area contributed by atoms with Gasteiger partial charge in [0, 0.05) is 18.8 Å². The summed E-state index contributed by atoms with van der Waals surface area (Å²) in [4.78, 5) is 40.4. The molecule has 5 N–H and O–H groups in total. The third kappa shape index (κ3) is 5.70. The van der Waals surface area contributed by atoms with Crippen molar-refractivity contribution in [3.8, 4) is 5.75 Å². The molecule has 1 aliphatic heterocycles. The summed E-state index contributed by atoms with van der Waals surface area (Å²) in [6.45, 7) is 0.876. The van der Waals surface area contributed by atoms with Gasteiger partial charge in [0.2, 0.25) is 5.91 Å². The Morgan fingerprint density at radius 3 is 2.49 bits per heavy atom. The number of nitrogens with one attached hydrogen (secondary N) is 1. The second-order valence-electron chi connectivity index (χ2n) is 8.35. The first-order valence-electron chi connectivity index (χ1n) is 11.5. The molecule has 37 heavy (non-hydrogen) atoms. The fourth-order valence-corrected chi connectivity index (χ4v) is 4.79. The van der Waals surface area contributed by atoms with Gasteiger partial charge < -0.3 is 26.3 Å². The van der Waals surface area contributed by atoms with E-state index < -0.39 is 29.6 Å². The Kier molecular flexibility index (Phi) is 7.99. The van der Waals surface area contributed by atoms with E-state index in [4.69, 9.17) is 20.9 Å². The largest absolute Gasteiger partial charge is 0.497 e. The summed E-state index contributed by atoms with van der Waals surface area (Å²) in [6, 6.07) is 10.6. The zero-order chi connectivity index (χ0) is 26.5. The molecular formula is C25H26FN5O5S. The van der Waals surface area contributed by atoms with E-state index in [9.17, 15) is 18.8 Å². The monoisotopic (exact) mass is 527 g/mol. The lowest BCUT2D eigenvalue weighted by Gasteiger charge is -2.31. The van der Waals surface area contributed by atoms with Crippen molar-refractivity contribution in [2.75, 3.05) is 30.9 Å². The van der Waals surface area contributed by atoms with Gasteiger partial charge in [-0.1, -0.05) is 12.1 Å². The van der Waals surface area contributed by atoms with E-state index in [2.05, 4.69) is 9.69 Å². The van der Waals surface area contributed by atoms with Crippen molar-refractivity contribution >= 4 is 40.6 Å². The van der Waals surface area contributed by atoms with Crippen molar-refractivity contribution < 1.29 is 28.2 Å². The van der Waals surface area contributed by atoms with Gasteiger partial charge in [-0.2, -0.15) is 4.37 Å². The van der Waals surface area contributed by atoms with Gasteiger partial charge in [-0.3, -0.25) is 19.3 Å². The Bertz CT molecular complexity index is 1280. The minimum absolute atomic E-state index is 0.0800. The molecule has 10 nitrogen and oxygen atoms in total. The Morgan fingerprint density at radius 1 is 1.22 bits per heavy atom. The molecule has 1 fully saturated rings. The highest BCUT2D eigenvalue weighted by molar-refractivity contribution is 7.09. The summed E-state index contributed by atoms with van der Waals surface area (Å²) in [5, 5.41) is 2.88. The molecule has 1 saturated heterocycles. The second-order valence-corrected chi connectivity index (χ2v) is 9.12. The Hall–Kier alpha value is -4.03. The summed E-state index contributed by atoms with van der Waals surface area (Å²) >= 11 is 0.690. The fraction of sp³-hybridized carbons (Fsp3) is 0.280. The van der Waals surface area contributed by atoms with Gasteiger partial charge in [0.15, 0.2) is 5.69 Å². The van der Waals surface area contributed by atoms with Crippen LogP contribution in [0.1, 0.15) is 44.6 Å². The molecule has 1 aliphatic rings. The number of primary amides is 1. The summed E-state index contributed by atoms with van der Waals surface area (Å²) in [7, 11) is 1.51. The number of carbonyl (C=O) groups excluding carboxylic acids is 3. The number of nitrogen functional groups attached to an aromatic ring is 1. The molecule has 0 saturated carbocycles. The summed E-state index contributed by atoms with van der Waals surface area (Å²) in [5.41, 5.74) is 11.6. The van der Waals surface area contributed by atoms with E-state index >= 15 is 0 Å². The highest BCUT2D eigenvalue weighted by atomic mass is 32.1. The number of amides is 3. The number of anilines is 2. The van der Waals surface area contributed by atoms with Gasteiger partial charge in [0.05, 0.1) is 18.9 Å². The lowest BCUT2D eigenvalue weighted by Crippen LogP contribution is -2.45. The Morgan fingerprint density at radius 2 is 1.92 bits per heavy atom. The van der Waals surface area contributed by atoms with Crippen LogP contribution in [0.15, 0.2) is 48.5 Å². The maximum absolute atomic E-state index is 13.9. The SMILES string of the molecule is COc1ccc([C@H](C(=O)NC[C@H]2CCCO2)N(C(=O)c2snc(C(N)=O)c2N)c2ccc(F)cc2)cc1. The molecule has 2 heterocycles. The maximum Gasteiger partial charge on any atom is 0.273 e. The molecule has 1 aromatic heterocycles. The fourth-order valence-electron chi connectivity index (χ4n) is 4.04. The second kappa shape index (κ2) is 11.4. The van der Waals surface area contributed by atoms with E-state index in [1.165, 1.54) is 36.3 Å². The normalized spacial score (nSPS) is 15.7. The molecule has 12 heteroatoms. The number of methoxy groups -OCH3 is 1. The van der Waals surface area contributed by atoms with Gasteiger partial charge in [0.25, 0.3) is 11.8 Å². The average molecular weight is 528 g/mol. The van der Waals surface area contributed by atoms with E-state index in [0.29, 0.717) is 29.5 Å². The van der Waals surface area contributed by atoms with Crippen molar-refractivity contribution in [3.63, 3.8) is 0 Å². The third-order valence-electron chi connectivity index (χ3n) is 5.95. The van der Waals surface area contributed by atoms with E-state index in [-0.39, 0.29) is 34.6 Å². The smallest absolute Gasteiger partial charge is 0.273 e. The van der Waals surface area contributed by atoms with Crippen LogP contribution in [0.3, 0.4) is 0 Å². The van der Waals surface area contributed by atoms with E-state index in [1.54, 1.807) is 24.3 Å². The maximum atomic E-state index is 13.9. The molecule has 4 rings (SSSR count). The standard InChI is InChI=1S/C25H26FN5O5S/c1-35-17-10-4-14(5-11-17)21(24(33)29-13-18-3-2-12-36-18)31(16-8-6-15(26)7-9-16)25(34)22-19(27)20(23(28)32)30-37-22/h4-11,18,21H,2-3,12-13,27H2,1H3,(H2,28,32)(H,29,33)/t18-,21-/m1/s1. The molecule has 2 atom stereocenters. The molecule has 0 spiro atoms. The van der Waals surface area contributed by atoms with Crippen LogP contribution >= 0.6 is 11.5 Å². The van der Waals surface area contributed by atoms with Crippen LogP contribution in [-0.2, 0) is 9.53 Å². The van der Waals surface area contributed by atoms with Crippen LogP contribution in [0.2, 0.25) is 0 Å². The predicted molar refractivity (Wildman–Crippen MR) is 136 cm³/mol. The Labute approximate surface area is 216 Å². The van der Waals surface area contributed by atoms with E-state index in [1.807, 2.05) is 0 Å². The van der Waals surface area contributed by atoms with Gasteiger partial charge in [-0.25, -0.2) is 4.39 Å². The number of ether oxygens (including phenoxy) is 2. The van der Waals surface area contributed by atoms with Crippen LogP contribution in [0.25, 0.3) is 0 Å². The lowest BCUT2D eigenvalue weighted by atomic mass is 10.0.